The highest BCUT2D eigenvalue weighted by Gasteiger charge is 2.12. The Labute approximate surface area is 146 Å². The third-order valence-corrected chi connectivity index (χ3v) is 3.65. The second kappa shape index (κ2) is 6.45. The summed E-state index contributed by atoms with van der Waals surface area (Å²) in [6, 6.07) is 10.5. The lowest BCUT2D eigenvalue weighted by Crippen LogP contribution is -2.06. The standard InChI is InChI=1S/C17H13BrN2O4/c1-10(21)23-14-4-5-15-12(7-14)9-20(19-15)16-6-3-13(18)8-17(16)24-11(2)22/h3-9H,1-2H3. The maximum absolute atomic E-state index is 11.3. The van der Waals surface area contributed by atoms with Gasteiger partial charge in [-0.1, -0.05) is 15.9 Å². The Balaban J connectivity index is 2.06. The highest BCUT2D eigenvalue weighted by atomic mass is 79.9. The minimum atomic E-state index is -0.414. The van der Waals surface area contributed by atoms with E-state index in [0.29, 0.717) is 17.2 Å². The van der Waals surface area contributed by atoms with Gasteiger partial charge in [-0.3, -0.25) is 9.59 Å². The van der Waals surface area contributed by atoms with Crippen molar-refractivity contribution in [1.29, 1.82) is 0 Å². The maximum atomic E-state index is 11.3. The van der Waals surface area contributed by atoms with Gasteiger partial charge in [0.15, 0.2) is 5.75 Å². The van der Waals surface area contributed by atoms with Gasteiger partial charge in [0.25, 0.3) is 0 Å². The summed E-state index contributed by atoms with van der Waals surface area (Å²) in [5.41, 5.74) is 1.35. The van der Waals surface area contributed by atoms with Gasteiger partial charge in [0.05, 0.1) is 5.52 Å². The molecule has 0 aliphatic rings. The van der Waals surface area contributed by atoms with Crippen molar-refractivity contribution in [2.24, 2.45) is 0 Å². The maximum Gasteiger partial charge on any atom is 0.308 e. The summed E-state index contributed by atoms with van der Waals surface area (Å²) in [5.74, 6) is 0.0467. The Morgan fingerprint density at radius 2 is 1.79 bits per heavy atom. The Morgan fingerprint density at radius 1 is 1.04 bits per heavy atom. The van der Waals surface area contributed by atoms with E-state index in [1.165, 1.54) is 13.8 Å². The third-order valence-electron chi connectivity index (χ3n) is 3.16. The molecule has 6 nitrogen and oxygen atoms in total. The molecule has 0 fully saturated rings. The number of ether oxygens (including phenoxy) is 2. The van der Waals surface area contributed by atoms with Crippen LogP contribution in [0.15, 0.2) is 47.1 Å². The first-order valence-electron chi connectivity index (χ1n) is 7.08. The molecule has 24 heavy (non-hydrogen) atoms. The minimum absolute atomic E-state index is 0.383. The van der Waals surface area contributed by atoms with Crippen molar-refractivity contribution in [3.8, 4) is 17.2 Å². The fraction of sp³-hybridized carbons (Fsp3) is 0.118. The van der Waals surface area contributed by atoms with E-state index in [-0.39, 0.29) is 5.97 Å². The van der Waals surface area contributed by atoms with E-state index >= 15 is 0 Å². The van der Waals surface area contributed by atoms with Crippen molar-refractivity contribution in [2.75, 3.05) is 0 Å². The molecule has 3 aromatic rings. The van der Waals surface area contributed by atoms with Crippen LogP contribution in [0.5, 0.6) is 11.5 Å². The van der Waals surface area contributed by atoms with E-state index < -0.39 is 5.97 Å². The first kappa shape index (κ1) is 16.2. The second-order valence-corrected chi connectivity index (χ2v) is 6.01. The molecule has 7 heteroatoms. The van der Waals surface area contributed by atoms with Crippen molar-refractivity contribution < 1.29 is 19.1 Å². The Bertz CT molecular complexity index is 949. The molecule has 0 saturated carbocycles. The van der Waals surface area contributed by atoms with Crippen LogP contribution in [-0.2, 0) is 9.59 Å². The summed E-state index contributed by atoms with van der Waals surface area (Å²) in [6.45, 7) is 2.69. The molecule has 0 amide bonds. The van der Waals surface area contributed by atoms with E-state index in [9.17, 15) is 9.59 Å². The first-order chi connectivity index (χ1) is 11.4. The van der Waals surface area contributed by atoms with Gasteiger partial charge >= 0.3 is 11.9 Å². The van der Waals surface area contributed by atoms with Crippen molar-refractivity contribution in [1.82, 2.24) is 9.78 Å². The van der Waals surface area contributed by atoms with Crippen LogP contribution in [0.1, 0.15) is 13.8 Å². The number of benzene rings is 2. The number of aromatic nitrogens is 2. The third kappa shape index (κ3) is 3.46. The van der Waals surface area contributed by atoms with Gasteiger partial charge < -0.3 is 9.47 Å². The van der Waals surface area contributed by atoms with Crippen LogP contribution < -0.4 is 9.47 Å². The largest absolute Gasteiger partial charge is 0.427 e. The molecular formula is C17H13BrN2O4. The highest BCUT2D eigenvalue weighted by molar-refractivity contribution is 9.10. The van der Waals surface area contributed by atoms with Gasteiger partial charge in [-0.05, 0) is 36.4 Å². The Hall–Kier alpha value is -2.67. The van der Waals surface area contributed by atoms with E-state index in [1.807, 2.05) is 6.07 Å². The molecule has 0 spiro atoms. The summed E-state index contributed by atoms with van der Waals surface area (Å²) in [6.07, 6.45) is 1.78. The zero-order valence-electron chi connectivity index (χ0n) is 12.9. The van der Waals surface area contributed by atoms with Gasteiger partial charge in [0, 0.05) is 29.9 Å². The van der Waals surface area contributed by atoms with Crippen LogP contribution in [0.2, 0.25) is 0 Å². The molecule has 0 aliphatic carbocycles. The van der Waals surface area contributed by atoms with Gasteiger partial charge in [0.1, 0.15) is 11.4 Å². The van der Waals surface area contributed by atoms with E-state index in [2.05, 4.69) is 21.0 Å². The van der Waals surface area contributed by atoms with E-state index in [4.69, 9.17) is 9.47 Å². The van der Waals surface area contributed by atoms with Crippen molar-refractivity contribution >= 4 is 38.8 Å². The molecule has 0 aliphatic heterocycles. The molecule has 0 bridgehead atoms. The lowest BCUT2D eigenvalue weighted by Gasteiger charge is -2.09. The molecule has 0 unspecified atom stereocenters. The lowest BCUT2D eigenvalue weighted by atomic mass is 10.2. The van der Waals surface area contributed by atoms with E-state index in [0.717, 1.165) is 15.4 Å². The fourth-order valence-corrected chi connectivity index (χ4v) is 2.61. The number of carbonyl (C=O) groups excluding carboxylic acids is 2. The van der Waals surface area contributed by atoms with Gasteiger partial charge in [-0.25, -0.2) is 4.68 Å². The van der Waals surface area contributed by atoms with Gasteiger partial charge in [-0.15, -0.1) is 0 Å². The average Bonchev–Trinajstić information content (AvgIpc) is 2.88. The van der Waals surface area contributed by atoms with E-state index in [1.54, 1.807) is 41.2 Å². The molecule has 0 radical (unpaired) electrons. The van der Waals surface area contributed by atoms with Crippen LogP contribution >= 0.6 is 15.9 Å². The summed E-state index contributed by atoms with van der Waals surface area (Å²) in [5, 5.41) is 5.27. The normalized spacial score (nSPS) is 10.6. The topological polar surface area (TPSA) is 70.4 Å². The molecule has 2 aromatic carbocycles. The molecule has 1 aromatic heterocycles. The number of rotatable bonds is 3. The number of halogens is 1. The molecule has 122 valence electrons. The van der Waals surface area contributed by atoms with Crippen LogP contribution in [0, 0.1) is 0 Å². The molecular weight excluding hydrogens is 376 g/mol. The van der Waals surface area contributed by atoms with Gasteiger partial charge in [-0.2, -0.15) is 5.10 Å². The number of fused-ring (bicyclic) bond motifs is 1. The molecule has 1 heterocycles. The van der Waals surface area contributed by atoms with Crippen LogP contribution in [0.25, 0.3) is 16.6 Å². The quantitative estimate of drug-likeness (QED) is 0.505. The van der Waals surface area contributed by atoms with Crippen molar-refractivity contribution in [2.45, 2.75) is 13.8 Å². The molecule has 0 saturated heterocycles. The molecule has 0 N–H and O–H groups in total. The highest BCUT2D eigenvalue weighted by Crippen LogP contribution is 2.29. The lowest BCUT2D eigenvalue weighted by molar-refractivity contribution is -0.132. The monoisotopic (exact) mass is 388 g/mol. The predicted octanol–water partition coefficient (Wildman–Crippen LogP) is 3.64. The predicted molar refractivity (Wildman–Crippen MR) is 91.4 cm³/mol. The van der Waals surface area contributed by atoms with Crippen molar-refractivity contribution in [3.63, 3.8) is 0 Å². The SMILES string of the molecule is CC(=O)Oc1ccc2nn(-c3ccc(Br)cc3OC(C)=O)cc2c1. The first-order valence-corrected chi connectivity index (χ1v) is 7.88. The number of nitrogens with zero attached hydrogens (tertiary/aromatic N) is 2. The van der Waals surface area contributed by atoms with Crippen LogP contribution in [0.3, 0.4) is 0 Å². The number of esters is 2. The average molecular weight is 389 g/mol. The summed E-state index contributed by atoms with van der Waals surface area (Å²) >= 11 is 3.36. The Kier molecular flexibility index (Phi) is 4.35. The van der Waals surface area contributed by atoms with Crippen LogP contribution in [0.4, 0.5) is 0 Å². The zero-order chi connectivity index (χ0) is 17.3. The Morgan fingerprint density at radius 3 is 2.50 bits per heavy atom. The van der Waals surface area contributed by atoms with Gasteiger partial charge in [0.2, 0.25) is 0 Å². The zero-order valence-corrected chi connectivity index (χ0v) is 14.5. The molecule has 3 rings (SSSR count). The smallest absolute Gasteiger partial charge is 0.308 e. The number of carbonyl (C=O) groups is 2. The second-order valence-electron chi connectivity index (χ2n) is 5.09. The van der Waals surface area contributed by atoms with Crippen LogP contribution in [-0.4, -0.2) is 21.7 Å². The fourth-order valence-electron chi connectivity index (χ4n) is 2.27. The minimum Gasteiger partial charge on any atom is -0.427 e. The molecule has 0 atom stereocenters. The summed E-state index contributed by atoms with van der Waals surface area (Å²) in [4.78, 5) is 22.4. The number of hydrogen-bond acceptors (Lipinski definition) is 5. The number of hydrogen-bond donors (Lipinski definition) is 0. The summed E-state index contributed by atoms with van der Waals surface area (Å²) in [7, 11) is 0. The summed E-state index contributed by atoms with van der Waals surface area (Å²) < 4.78 is 12.7. The van der Waals surface area contributed by atoms with Crippen molar-refractivity contribution in [3.05, 3.63) is 47.1 Å².